The summed E-state index contributed by atoms with van der Waals surface area (Å²) in [7, 11) is -3.85. The van der Waals surface area contributed by atoms with Gasteiger partial charge in [0.2, 0.25) is 5.95 Å². The van der Waals surface area contributed by atoms with Crippen LogP contribution in [0.5, 0.6) is 5.75 Å². The number of sulfonamides is 1. The lowest BCUT2D eigenvalue weighted by Gasteiger charge is -2.11. The van der Waals surface area contributed by atoms with E-state index >= 15 is 0 Å². The minimum absolute atomic E-state index is 0.00680. The Morgan fingerprint density at radius 2 is 1.87 bits per heavy atom. The van der Waals surface area contributed by atoms with E-state index in [1.165, 1.54) is 30.5 Å². The molecule has 0 bridgehead atoms. The minimum Gasteiger partial charge on any atom is -0.483 e. The van der Waals surface area contributed by atoms with Crippen molar-refractivity contribution in [1.82, 2.24) is 9.97 Å². The van der Waals surface area contributed by atoms with Gasteiger partial charge in [-0.2, -0.15) is 0 Å². The molecular formula is C21H21BrN4O4S. The summed E-state index contributed by atoms with van der Waals surface area (Å²) in [5, 5.41) is 2.67. The summed E-state index contributed by atoms with van der Waals surface area (Å²) < 4.78 is 33.6. The van der Waals surface area contributed by atoms with Crippen LogP contribution in [0.2, 0.25) is 0 Å². The van der Waals surface area contributed by atoms with Gasteiger partial charge in [-0.05, 0) is 77.3 Å². The minimum atomic E-state index is -3.85. The molecule has 2 N–H and O–H groups in total. The van der Waals surface area contributed by atoms with E-state index in [-0.39, 0.29) is 23.4 Å². The van der Waals surface area contributed by atoms with Crippen LogP contribution in [-0.2, 0) is 21.2 Å². The molecule has 0 atom stereocenters. The Kier molecular flexibility index (Phi) is 7.24. The number of rotatable bonds is 8. The molecule has 31 heavy (non-hydrogen) atoms. The Bertz CT molecular complexity index is 1180. The number of aryl methyl sites for hydroxylation is 2. The largest absolute Gasteiger partial charge is 0.483 e. The first kappa shape index (κ1) is 22.7. The zero-order valence-electron chi connectivity index (χ0n) is 16.9. The van der Waals surface area contributed by atoms with E-state index < -0.39 is 10.0 Å². The van der Waals surface area contributed by atoms with Gasteiger partial charge in [0.05, 0.1) is 9.37 Å². The van der Waals surface area contributed by atoms with E-state index in [1.807, 2.05) is 12.1 Å². The van der Waals surface area contributed by atoms with Crippen LogP contribution in [0.3, 0.4) is 0 Å². The molecule has 0 aliphatic rings. The molecule has 0 unspecified atom stereocenters. The molecule has 162 valence electrons. The third-order valence-corrected chi connectivity index (χ3v) is 6.20. The van der Waals surface area contributed by atoms with Crippen LogP contribution in [0.15, 0.2) is 64.1 Å². The highest BCUT2D eigenvalue weighted by Crippen LogP contribution is 2.26. The van der Waals surface area contributed by atoms with Gasteiger partial charge in [0.25, 0.3) is 15.9 Å². The van der Waals surface area contributed by atoms with Crippen molar-refractivity contribution in [2.24, 2.45) is 0 Å². The highest BCUT2D eigenvalue weighted by molar-refractivity contribution is 9.10. The Hall–Kier alpha value is -2.98. The molecule has 1 aromatic heterocycles. The Morgan fingerprint density at radius 3 is 2.52 bits per heavy atom. The first-order valence-electron chi connectivity index (χ1n) is 9.40. The number of hydrogen-bond donors (Lipinski definition) is 2. The Morgan fingerprint density at radius 1 is 1.13 bits per heavy atom. The lowest BCUT2D eigenvalue weighted by molar-refractivity contribution is -0.118. The highest BCUT2D eigenvalue weighted by Gasteiger charge is 2.16. The maximum atomic E-state index is 12.5. The number of nitrogens with one attached hydrogen (secondary N) is 2. The van der Waals surface area contributed by atoms with Crippen LogP contribution in [0.4, 0.5) is 11.6 Å². The van der Waals surface area contributed by atoms with Crippen molar-refractivity contribution in [3.05, 3.63) is 70.5 Å². The molecule has 0 aliphatic carbocycles. The summed E-state index contributed by atoms with van der Waals surface area (Å²) in [6.45, 7) is 3.61. The summed E-state index contributed by atoms with van der Waals surface area (Å²) >= 11 is 3.43. The van der Waals surface area contributed by atoms with Gasteiger partial charge in [0.1, 0.15) is 5.75 Å². The zero-order chi connectivity index (χ0) is 22.4. The summed E-state index contributed by atoms with van der Waals surface area (Å²) in [5.41, 5.74) is 2.24. The van der Waals surface area contributed by atoms with E-state index in [1.54, 1.807) is 19.1 Å². The molecule has 1 heterocycles. The molecule has 3 aromatic rings. The van der Waals surface area contributed by atoms with Gasteiger partial charge in [-0.25, -0.2) is 23.1 Å². The van der Waals surface area contributed by atoms with E-state index in [4.69, 9.17) is 4.74 Å². The van der Waals surface area contributed by atoms with Crippen molar-refractivity contribution < 1.29 is 17.9 Å². The number of nitrogens with zero attached hydrogens (tertiary/aromatic N) is 2. The molecule has 0 aliphatic heterocycles. The maximum Gasteiger partial charge on any atom is 0.264 e. The van der Waals surface area contributed by atoms with Gasteiger partial charge in [-0.15, -0.1) is 0 Å². The Labute approximate surface area is 189 Å². The number of carbonyl (C=O) groups is 1. The topological polar surface area (TPSA) is 110 Å². The fourth-order valence-electron chi connectivity index (χ4n) is 2.62. The molecule has 0 saturated carbocycles. The number of carbonyl (C=O) groups excluding carboxylic acids is 1. The van der Waals surface area contributed by atoms with Crippen molar-refractivity contribution in [3.63, 3.8) is 0 Å². The fourth-order valence-corrected chi connectivity index (χ4v) is 4.11. The number of hydrogen-bond acceptors (Lipinski definition) is 6. The van der Waals surface area contributed by atoms with Gasteiger partial charge in [-0.1, -0.05) is 13.0 Å². The zero-order valence-corrected chi connectivity index (χ0v) is 19.3. The van der Waals surface area contributed by atoms with E-state index in [0.29, 0.717) is 17.1 Å². The van der Waals surface area contributed by atoms with Crippen molar-refractivity contribution in [2.45, 2.75) is 25.2 Å². The average molecular weight is 505 g/mol. The number of ether oxygens (including phenoxy) is 1. The van der Waals surface area contributed by atoms with E-state index in [2.05, 4.69) is 42.9 Å². The summed E-state index contributed by atoms with van der Waals surface area (Å²) in [6, 6.07) is 13.1. The predicted molar refractivity (Wildman–Crippen MR) is 122 cm³/mol. The molecule has 0 spiro atoms. The standard InChI is InChI=1S/C21H21BrN4O4S/c1-3-15-4-9-19(18(22)12-15)30-13-20(27)25-16-5-7-17(8-6-16)31(28,29)26-21-23-11-10-14(2)24-21/h4-12H,3,13H2,1-2H3,(H,25,27)(H,23,24,26). The van der Waals surface area contributed by atoms with Gasteiger partial charge in [0, 0.05) is 17.6 Å². The third-order valence-electron chi connectivity index (χ3n) is 4.23. The fraction of sp³-hybridized carbons (Fsp3) is 0.190. The van der Waals surface area contributed by atoms with E-state index in [0.717, 1.165) is 16.5 Å². The monoisotopic (exact) mass is 504 g/mol. The van der Waals surface area contributed by atoms with Gasteiger partial charge in [0.15, 0.2) is 6.61 Å². The van der Waals surface area contributed by atoms with Crippen LogP contribution >= 0.6 is 15.9 Å². The number of benzene rings is 2. The normalized spacial score (nSPS) is 11.1. The van der Waals surface area contributed by atoms with Crippen LogP contribution < -0.4 is 14.8 Å². The van der Waals surface area contributed by atoms with Crippen LogP contribution in [0, 0.1) is 6.92 Å². The highest BCUT2D eigenvalue weighted by atomic mass is 79.9. The quantitative estimate of drug-likeness (QED) is 0.480. The van der Waals surface area contributed by atoms with Crippen LogP contribution in [0.1, 0.15) is 18.2 Å². The molecule has 8 nitrogen and oxygen atoms in total. The molecule has 10 heteroatoms. The van der Waals surface area contributed by atoms with E-state index in [9.17, 15) is 13.2 Å². The SMILES string of the molecule is CCc1ccc(OCC(=O)Nc2ccc(S(=O)(=O)Nc3nccc(C)n3)cc2)c(Br)c1. The second kappa shape index (κ2) is 9.88. The molecule has 0 saturated heterocycles. The van der Waals surface area contributed by atoms with Crippen molar-refractivity contribution in [1.29, 1.82) is 0 Å². The predicted octanol–water partition coefficient (Wildman–Crippen LogP) is 3.93. The Balaban J connectivity index is 1.59. The second-order valence-electron chi connectivity index (χ2n) is 6.61. The molecule has 0 fully saturated rings. The second-order valence-corrected chi connectivity index (χ2v) is 9.14. The van der Waals surface area contributed by atoms with Gasteiger partial charge >= 0.3 is 0 Å². The number of halogens is 1. The summed E-state index contributed by atoms with van der Waals surface area (Å²) in [5.74, 6) is 0.194. The maximum absolute atomic E-state index is 12.5. The molecule has 0 radical (unpaired) electrons. The third kappa shape index (κ3) is 6.25. The first-order chi connectivity index (χ1) is 14.8. The lowest BCUT2D eigenvalue weighted by atomic mass is 10.2. The average Bonchev–Trinajstić information content (AvgIpc) is 2.73. The van der Waals surface area contributed by atoms with Crippen molar-refractivity contribution >= 4 is 43.5 Å². The smallest absolute Gasteiger partial charge is 0.264 e. The van der Waals surface area contributed by atoms with Crippen LogP contribution in [-0.4, -0.2) is 30.9 Å². The van der Waals surface area contributed by atoms with Gasteiger partial charge in [-0.3, -0.25) is 4.79 Å². The number of aromatic nitrogens is 2. The lowest BCUT2D eigenvalue weighted by Crippen LogP contribution is -2.20. The van der Waals surface area contributed by atoms with Crippen molar-refractivity contribution in [2.75, 3.05) is 16.6 Å². The van der Waals surface area contributed by atoms with Crippen molar-refractivity contribution in [3.8, 4) is 5.75 Å². The molecular weight excluding hydrogens is 484 g/mol. The first-order valence-corrected chi connectivity index (χ1v) is 11.7. The summed E-state index contributed by atoms with van der Waals surface area (Å²) in [4.78, 5) is 20.1. The molecule has 2 aromatic carbocycles. The molecule has 3 rings (SSSR count). The van der Waals surface area contributed by atoms with Gasteiger partial charge < -0.3 is 10.1 Å². The van der Waals surface area contributed by atoms with Crippen LogP contribution in [0.25, 0.3) is 0 Å². The molecule has 1 amide bonds. The summed E-state index contributed by atoms with van der Waals surface area (Å²) in [6.07, 6.45) is 2.37. The number of amides is 1. The number of anilines is 2.